The van der Waals surface area contributed by atoms with E-state index in [9.17, 15) is 9.59 Å². The van der Waals surface area contributed by atoms with Gasteiger partial charge in [0.25, 0.3) is 0 Å². The molecule has 1 atom stereocenters. The third-order valence-electron chi connectivity index (χ3n) is 4.02. The molecule has 1 rings (SSSR count). The molecule has 1 amide bonds. The van der Waals surface area contributed by atoms with Crippen LogP contribution in [0.15, 0.2) is 52.8 Å². The second-order valence-electron chi connectivity index (χ2n) is 6.00. The van der Waals surface area contributed by atoms with Gasteiger partial charge in [0.2, 0.25) is 5.91 Å². The lowest BCUT2D eigenvalue weighted by Crippen LogP contribution is -2.29. The molecule has 0 aromatic rings. The molecule has 1 aliphatic carbocycles. The third kappa shape index (κ3) is 9.43. The Morgan fingerprint density at radius 2 is 2.22 bits per heavy atom. The number of carbonyl (C=O) groups excluding carboxylic acids is 2. The molecule has 0 bridgehead atoms. The van der Waals surface area contributed by atoms with Gasteiger partial charge < -0.3 is 10.1 Å². The van der Waals surface area contributed by atoms with Crippen molar-refractivity contribution in [2.45, 2.75) is 44.3 Å². The van der Waals surface area contributed by atoms with Crippen molar-refractivity contribution >= 4 is 29.0 Å². The van der Waals surface area contributed by atoms with Gasteiger partial charge in [0, 0.05) is 26.2 Å². The van der Waals surface area contributed by atoms with E-state index in [1.807, 2.05) is 18.2 Å². The van der Waals surface area contributed by atoms with Crippen molar-refractivity contribution in [3.63, 3.8) is 0 Å². The van der Waals surface area contributed by atoms with Crippen molar-refractivity contribution in [3.05, 3.63) is 47.8 Å². The van der Waals surface area contributed by atoms with Crippen molar-refractivity contribution in [1.29, 1.82) is 0 Å². The highest BCUT2D eigenvalue weighted by Gasteiger charge is 2.18. The standard InChI is InChI=1S/C21H30N2O3S/c1-4-5-6-9-18(22-2)13-14-26-19-10-7-8-17(11-12-19)15-20(27-16-24)21(25)23-3/h6,8-12,16,20H,4-5,7,13-15H2,1-3H3,(H,23,25)/b9-6-,22-18?. The van der Waals surface area contributed by atoms with Crippen LogP contribution in [0, 0.1) is 0 Å². The highest BCUT2D eigenvalue weighted by atomic mass is 32.2. The lowest BCUT2D eigenvalue weighted by molar-refractivity contribution is -0.120. The van der Waals surface area contributed by atoms with Gasteiger partial charge in [0.05, 0.1) is 11.9 Å². The summed E-state index contributed by atoms with van der Waals surface area (Å²) in [4.78, 5) is 26.9. The summed E-state index contributed by atoms with van der Waals surface area (Å²) < 4.78 is 5.86. The molecule has 5 nitrogen and oxygen atoms in total. The molecule has 148 valence electrons. The zero-order valence-electron chi connectivity index (χ0n) is 16.4. The number of unbranched alkanes of at least 4 members (excludes halogenated alkanes) is 1. The van der Waals surface area contributed by atoms with Gasteiger partial charge in [-0.25, -0.2) is 0 Å². The number of thioether (sulfide) groups is 1. The highest BCUT2D eigenvalue weighted by Crippen LogP contribution is 2.21. The number of nitrogens with zero attached hydrogens (tertiary/aromatic N) is 1. The minimum atomic E-state index is -0.413. The molecule has 0 fully saturated rings. The lowest BCUT2D eigenvalue weighted by atomic mass is 10.1. The van der Waals surface area contributed by atoms with Crippen LogP contribution in [0.3, 0.4) is 0 Å². The number of carbonyl (C=O) groups is 2. The zero-order chi connectivity index (χ0) is 19.9. The maximum absolute atomic E-state index is 11.9. The van der Waals surface area contributed by atoms with E-state index in [0.29, 0.717) is 13.0 Å². The largest absolute Gasteiger partial charge is 0.494 e. The summed E-state index contributed by atoms with van der Waals surface area (Å²) >= 11 is 1.00. The molecule has 0 aromatic carbocycles. The fraction of sp³-hybridized carbons (Fsp3) is 0.476. The van der Waals surface area contributed by atoms with Crippen molar-refractivity contribution in [2.75, 3.05) is 20.7 Å². The lowest BCUT2D eigenvalue weighted by Gasteiger charge is -2.12. The van der Waals surface area contributed by atoms with Gasteiger partial charge in [-0.15, -0.1) is 0 Å². The van der Waals surface area contributed by atoms with E-state index >= 15 is 0 Å². The molecule has 1 unspecified atom stereocenters. The summed E-state index contributed by atoms with van der Waals surface area (Å²) in [5.41, 5.74) is 2.76. The first kappa shape index (κ1) is 23.0. The first-order valence-electron chi connectivity index (χ1n) is 9.27. The molecule has 0 spiro atoms. The quantitative estimate of drug-likeness (QED) is 0.404. The van der Waals surface area contributed by atoms with E-state index in [1.54, 1.807) is 14.1 Å². The molecule has 0 aromatic heterocycles. The predicted molar refractivity (Wildman–Crippen MR) is 115 cm³/mol. The van der Waals surface area contributed by atoms with E-state index in [-0.39, 0.29) is 5.91 Å². The molecule has 1 aliphatic rings. The van der Waals surface area contributed by atoms with E-state index < -0.39 is 5.25 Å². The van der Waals surface area contributed by atoms with Crippen LogP contribution in [0.2, 0.25) is 0 Å². The van der Waals surface area contributed by atoms with Gasteiger partial charge in [-0.3, -0.25) is 14.6 Å². The zero-order valence-corrected chi connectivity index (χ0v) is 17.3. The maximum Gasteiger partial charge on any atom is 0.233 e. The van der Waals surface area contributed by atoms with Crippen LogP contribution < -0.4 is 5.32 Å². The molecular weight excluding hydrogens is 360 g/mol. The van der Waals surface area contributed by atoms with Crippen LogP contribution in [0.25, 0.3) is 0 Å². The Morgan fingerprint density at radius 1 is 1.41 bits per heavy atom. The SMILES string of the molecule is CCC/C=C\C(CCOC1=CCC=C(CC(SC=O)C(=O)NC)C=C1)=NC. The third-order valence-corrected chi connectivity index (χ3v) is 4.84. The summed E-state index contributed by atoms with van der Waals surface area (Å²) in [5.74, 6) is 0.673. The number of hydrogen-bond donors (Lipinski definition) is 1. The van der Waals surface area contributed by atoms with Crippen LogP contribution >= 0.6 is 11.8 Å². The predicted octanol–water partition coefficient (Wildman–Crippen LogP) is 4.02. The van der Waals surface area contributed by atoms with Gasteiger partial charge in [-0.1, -0.05) is 43.3 Å². The van der Waals surface area contributed by atoms with E-state index in [2.05, 4.69) is 35.5 Å². The normalized spacial score (nSPS) is 15.7. The minimum Gasteiger partial charge on any atom is -0.494 e. The summed E-state index contributed by atoms with van der Waals surface area (Å²) in [6, 6.07) is 0. The molecule has 1 N–H and O–H groups in total. The minimum absolute atomic E-state index is 0.141. The Morgan fingerprint density at radius 3 is 2.89 bits per heavy atom. The Bertz CT molecular complexity index is 633. The molecule has 0 radical (unpaired) electrons. The van der Waals surface area contributed by atoms with Crippen LogP contribution in [0.1, 0.15) is 39.0 Å². The Balaban J connectivity index is 2.52. The average Bonchev–Trinajstić information content (AvgIpc) is 2.91. The topological polar surface area (TPSA) is 67.8 Å². The summed E-state index contributed by atoms with van der Waals surface area (Å²) in [6.45, 7) is 2.72. The number of rotatable bonds is 12. The summed E-state index contributed by atoms with van der Waals surface area (Å²) in [6.07, 6.45) is 16.3. The van der Waals surface area contributed by atoms with Gasteiger partial charge in [0.15, 0.2) is 5.62 Å². The molecule has 0 saturated carbocycles. The molecule has 27 heavy (non-hydrogen) atoms. The van der Waals surface area contributed by atoms with Crippen LogP contribution in [-0.2, 0) is 14.3 Å². The van der Waals surface area contributed by atoms with E-state index in [4.69, 9.17) is 4.74 Å². The van der Waals surface area contributed by atoms with Gasteiger partial charge in [-0.2, -0.15) is 0 Å². The first-order chi connectivity index (χ1) is 13.1. The van der Waals surface area contributed by atoms with Crippen molar-refractivity contribution < 1.29 is 14.3 Å². The second-order valence-corrected chi connectivity index (χ2v) is 7.03. The number of amides is 1. The summed E-state index contributed by atoms with van der Waals surface area (Å²) in [5, 5.41) is 2.19. The van der Waals surface area contributed by atoms with E-state index in [1.165, 1.54) is 0 Å². The molecule has 0 heterocycles. The Kier molecular flexibility index (Phi) is 11.9. The van der Waals surface area contributed by atoms with Crippen molar-refractivity contribution in [2.24, 2.45) is 4.99 Å². The van der Waals surface area contributed by atoms with Crippen LogP contribution in [0.5, 0.6) is 0 Å². The second kappa shape index (κ2) is 14.0. The maximum atomic E-state index is 11.9. The smallest absolute Gasteiger partial charge is 0.233 e. The average molecular weight is 391 g/mol. The van der Waals surface area contributed by atoms with Gasteiger partial charge in [-0.05, 0) is 43.1 Å². The number of nitrogens with one attached hydrogen (secondary N) is 1. The van der Waals surface area contributed by atoms with Gasteiger partial charge in [0.1, 0.15) is 5.76 Å². The highest BCUT2D eigenvalue weighted by molar-refractivity contribution is 8.13. The molecular formula is C21H30N2O3S. The Labute approximate surface area is 166 Å². The monoisotopic (exact) mass is 390 g/mol. The number of ether oxygens (including phenoxy) is 1. The fourth-order valence-electron chi connectivity index (χ4n) is 2.48. The Hall–Kier alpha value is -2.08. The van der Waals surface area contributed by atoms with Crippen LogP contribution in [0.4, 0.5) is 0 Å². The van der Waals surface area contributed by atoms with Crippen LogP contribution in [-0.4, -0.2) is 43.2 Å². The molecule has 0 aliphatic heterocycles. The molecule has 6 heteroatoms. The van der Waals surface area contributed by atoms with Crippen molar-refractivity contribution in [1.82, 2.24) is 5.32 Å². The number of allylic oxidation sites excluding steroid dienone is 7. The first-order valence-corrected chi connectivity index (χ1v) is 10.2. The molecule has 0 saturated heterocycles. The number of hydrogen-bond acceptors (Lipinski definition) is 5. The van der Waals surface area contributed by atoms with Crippen molar-refractivity contribution in [3.8, 4) is 0 Å². The van der Waals surface area contributed by atoms with Gasteiger partial charge >= 0.3 is 0 Å². The summed E-state index contributed by atoms with van der Waals surface area (Å²) in [7, 11) is 3.38. The fourth-order valence-corrected chi connectivity index (χ4v) is 3.15. The number of aliphatic imine (C=N–C) groups is 1. The van der Waals surface area contributed by atoms with E-state index in [0.717, 1.165) is 60.1 Å².